The fourth-order valence-corrected chi connectivity index (χ4v) is 1.88. The van der Waals surface area contributed by atoms with Gasteiger partial charge >= 0.3 is 5.97 Å². The molecule has 1 aromatic rings. The van der Waals surface area contributed by atoms with Gasteiger partial charge in [0.15, 0.2) is 0 Å². The van der Waals surface area contributed by atoms with Gasteiger partial charge in [-0.2, -0.15) is 0 Å². The van der Waals surface area contributed by atoms with Crippen molar-refractivity contribution in [3.05, 3.63) is 23.2 Å². The van der Waals surface area contributed by atoms with E-state index in [1.54, 1.807) is 6.07 Å². The zero-order valence-corrected chi connectivity index (χ0v) is 12.8. The summed E-state index contributed by atoms with van der Waals surface area (Å²) in [5, 5.41) is 3.63. The molecule has 0 aliphatic heterocycles. The molecule has 0 saturated carbocycles. The molecule has 0 heterocycles. The van der Waals surface area contributed by atoms with Crippen LogP contribution in [0.1, 0.15) is 20.8 Å². The van der Waals surface area contributed by atoms with Crippen LogP contribution < -0.4 is 10.2 Å². The van der Waals surface area contributed by atoms with Crippen LogP contribution in [0.2, 0.25) is 5.02 Å². The normalized spacial score (nSPS) is 11.1. The molecule has 1 N–H and O–H groups in total. The number of esters is 1. The highest BCUT2D eigenvalue weighted by molar-refractivity contribution is 6.33. The average Bonchev–Trinajstić information content (AvgIpc) is 2.23. The SMILES string of the molecule is CN(C)c1ccc(NCC(=O)OC(C)(C)C)cc1Cl. The number of carbonyl (C=O) groups is 1. The lowest BCUT2D eigenvalue weighted by molar-refractivity contribution is -0.152. The maximum atomic E-state index is 11.6. The third-order valence-electron chi connectivity index (χ3n) is 2.29. The topological polar surface area (TPSA) is 41.6 Å². The van der Waals surface area contributed by atoms with Crippen LogP contribution in [-0.4, -0.2) is 32.2 Å². The predicted octanol–water partition coefficient (Wildman–Crippen LogP) is 3.16. The van der Waals surface area contributed by atoms with Crippen LogP contribution in [0.3, 0.4) is 0 Å². The maximum absolute atomic E-state index is 11.6. The fraction of sp³-hybridized carbons (Fsp3) is 0.500. The second-order valence-electron chi connectivity index (χ2n) is 5.50. The minimum atomic E-state index is -0.467. The molecule has 1 aromatic carbocycles. The molecule has 1 rings (SSSR count). The maximum Gasteiger partial charge on any atom is 0.325 e. The van der Waals surface area contributed by atoms with Gasteiger partial charge in [0, 0.05) is 19.8 Å². The fourth-order valence-electron chi connectivity index (χ4n) is 1.53. The molecule has 0 aliphatic rings. The Morgan fingerprint density at radius 1 is 1.37 bits per heavy atom. The zero-order chi connectivity index (χ0) is 14.6. The van der Waals surface area contributed by atoms with Crippen molar-refractivity contribution in [2.24, 2.45) is 0 Å². The molecule has 0 atom stereocenters. The third-order valence-corrected chi connectivity index (χ3v) is 2.59. The van der Waals surface area contributed by atoms with E-state index in [1.165, 1.54) is 0 Å². The lowest BCUT2D eigenvalue weighted by Gasteiger charge is -2.20. The van der Waals surface area contributed by atoms with E-state index in [4.69, 9.17) is 16.3 Å². The van der Waals surface area contributed by atoms with Crippen LogP contribution in [0.4, 0.5) is 11.4 Å². The molecular weight excluding hydrogens is 264 g/mol. The molecule has 0 bridgehead atoms. The van der Waals surface area contributed by atoms with E-state index in [2.05, 4.69) is 5.32 Å². The molecule has 4 nitrogen and oxygen atoms in total. The van der Waals surface area contributed by atoms with E-state index in [0.717, 1.165) is 11.4 Å². The number of hydrogen-bond acceptors (Lipinski definition) is 4. The van der Waals surface area contributed by atoms with Crippen LogP contribution >= 0.6 is 11.6 Å². The molecule has 19 heavy (non-hydrogen) atoms. The minimum absolute atomic E-state index is 0.120. The molecule has 0 saturated heterocycles. The Bertz CT molecular complexity index is 453. The Kier molecular flexibility index (Phi) is 5.06. The first-order valence-corrected chi connectivity index (χ1v) is 6.49. The number of halogens is 1. The van der Waals surface area contributed by atoms with Crippen LogP contribution in [0, 0.1) is 0 Å². The van der Waals surface area contributed by atoms with Gasteiger partial charge in [-0.3, -0.25) is 4.79 Å². The largest absolute Gasteiger partial charge is 0.459 e. The number of ether oxygens (including phenoxy) is 1. The molecule has 0 aliphatic carbocycles. The van der Waals surface area contributed by atoms with Gasteiger partial charge in [-0.25, -0.2) is 0 Å². The first-order chi connectivity index (χ1) is 8.69. The van der Waals surface area contributed by atoms with Crippen molar-refractivity contribution in [1.29, 1.82) is 0 Å². The van der Waals surface area contributed by atoms with E-state index < -0.39 is 5.60 Å². The van der Waals surface area contributed by atoms with Gasteiger partial charge in [-0.15, -0.1) is 0 Å². The van der Waals surface area contributed by atoms with Crippen molar-refractivity contribution in [1.82, 2.24) is 0 Å². The van der Waals surface area contributed by atoms with E-state index in [1.807, 2.05) is 51.9 Å². The van der Waals surface area contributed by atoms with Gasteiger partial charge < -0.3 is 15.0 Å². The van der Waals surface area contributed by atoms with Gasteiger partial charge in [0.2, 0.25) is 0 Å². The van der Waals surface area contributed by atoms with E-state index in [9.17, 15) is 4.79 Å². The molecule has 5 heteroatoms. The lowest BCUT2D eigenvalue weighted by Crippen LogP contribution is -2.28. The van der Waals surface area contributed by atoms with Crippen LogP contribution in [0.25, 0.3) is 0 Å². The highest BCUT2D eigenvalue weighted by atomic mass is 35.5. The number of benzene rings is 1. The highest BCUT2D eigenvalue weighted by Crippen LogP contribution is 2.27. The van der Waals surface area contributed by atoms with Crippen LogP contribution in [0.5, 0.6) is 0 Å². The van der Waals surface area contributed by atoms with Crippen molar-refractivity contribution in [3.8, 4) is 0 Å². The van der Waals surface area contributed by atoms with Gasteiger partial charge in [-0.1, -0.05) is 11.6 Å². The summed E-state index contributed by atoms with van der Waals surface area (Å²) in [4.78, 5) is 13.5. The van der Waals surface area contributed by atoms with Crippen molar-refractivity contribution >= 4 is 28.9 Å². The Morgan fingerprint density at radius 3 is 2.47 bits per heavy atom. The Morgan fingerprint density at radius 2 is 2.00 bits per heavy atom. The molecule has 0 fully saturated rings. The second-order valence-corrected chi connectivity index (χ2v) is 5.91. The summed E-state index contributed by atoms with van der Waals surface area (Å²) in [6.07, 6.45) is 0. The molecule has 0 unspecified atom stereocenters. The summed E-state index contributed by atoms with van der Waals surface area (Å²) < 4.78 is 5.21. The molecule has 0 amide bonds. The minimum Gasteiger partial charge on any atom is -0.459 e. The summed E-state index contributed by atoms with van der Waals surface area (Å²) in [6, 6.07) is 5.58. The molecule has 106 valence electrons. The predicted molar refractivity (Wildman–Crippen MR) is 80.1 cm³/mol. The number of nitrogens with zero attached hydrogens (tertiary/aromatic N) is 1. The Balaban J connectivity index is 2.59. The highest BCUT2D eigenvalue weighted by Gasteiger charge is 2.15. The summed E-state index contributed by atoms with van der Waals surface area (Å²) in [7, 11) is 3.85. The number of carbonyl (C=O) groups excluding carboxylic acids is 1. The summed E-state index contributed by atoms with van der Waals surface area (Å²) in [6.45, 7) is 5.64. The standard InChI is InChI=1S/C14H21ClN2O2/c1-14(2,3)19-13(18)9-16-10-6-7-12(17(4)5)11(15)8-10/h6-8,16H,9H2,1-5H3. The van der Waals surface area contributed by atoms with Gasteiger partial charge in [0.25, 0.3) is 0 Å². The Labute approximate surface area is 119 Å². The molecule has 0 aromatic heterocycles. The van der Waals surface area contributed by atoms with Crippen molar-refractivity contribution in [2.45, 2.75) is 26.4 Å². The molecule has 0 radical (unpaired) electrons. The number of rotatable bonds is 4. The van der Waals surface area contributed by atoms with E-state index in [-0.39, 0.29) is 12.5 Å². The van der Waals surface area contributed by atoms with Crippen molar-refractivity contribution in [2.75, 3.05) is 30.9 Å². The third kappa shape index (κ3) is 5.39. The van der Waals surface area contributed by atoms with Crippen LogP contribution in [-0.2, 0) is 9.53 Å². The van der Waals surface area contributed by atoms with E-state index >= 15 is 0 Å². The smallest absolute Gasteiger partial charge is 0.325 e. The lowest BCUT2D eigenvalue weighted by atomic mass is 10.2. The zero-order valence-electron chi connectivity index (χ0n) is 12.1. The number of nitrogens with one attached hydrogen (secondary N) is 1. The van der Waals surface area contributed by atoms with Crippen LogP contribution in [0.15, 0.2) is 18.2 Å². The molecule has 0 spiro atoms. The summed E-state index contributed by atoms with van der Waals surface area (Å²) in [5.41, 5.74) is 1.26. The molecular formula is C14H21ClN2O2. The van der Waals surface area contributed by atoms with Crippen molar-refractivity contribution in [3.63, 3.8) is 0 Å². The first kappa shape index (κ1) is 15.6. The van der Waals surface area contributed by atoms with Gasteiger partial charge in [0.05, 0.1) is 10.7 Å². The Hall–Kier alpha value is -1.42. The van der Waals surface area contributed by atoms with E-state index in [0.29, 0.717) is 5.02 Å². The monoisotopic (exact) mass is 284 g/mol. The van der Waals surface area contributed by atoms with Crippen molar-refractivity contribution < 1.29 is 9.53 Å². The van der Waals surface area contributed by atoms with Gasteiger partial charge in [0.1, 0.15) is 12.1 Å². The second kappa shape index (κ2) is 6.15. The van der Waals surface area contributed by atoms with Gasteiger partial charge in [-0.05, 0) is 39.0 Å². The quantitative estimate of drug-likeness (QED) is 0.863. The first-order valence-electron chi connectivity index (χ1n) is 6.11. The summed E-state index contributed by atoms with van der Waals surface area (Å²) >= 11 is 6.15. The summed E-state index contributed by atoms with van der Waals surface area (Å²) in [5.74, 6) is -0.291. The number of hydrogen-bond donors (Lipinski definition) is 1. The average molecular weight is 285 g/mol. The number of anilines is 2.